The third-order valence-electron chi connectivity index (χ3n) is 0.905. The molecule has 0 aliphatic rings. The fourth-order valence-electron chi connectivity index (χ4n) is 0.500. The van der Waals surface area contributed by atoms with Gasteiger partial charge in [-0.2, -0.15) is 0 Å². The van der Waals surface area contributed by atoms with E-state index >= 15 is 0 Å². The fourth-order valence-corrected chi connectivity index (χ4v) is 0.750. The Balaban J connectivity index is 3.11. The highest BCUT2D eigenvalue weighted by molar-refractivity contribution is 6.14. The van der Waals surface area contributed by atoms with E-state index < -0.39 is 0 Å². The van der Waals surface area contributed by atoms with Gasteiger partial charge in [-0.05, 0) is 18.1 Å². The smallest absolute Gasteiger partial charge is 0.0116 e. The molecule has 0 saturated carbocycles. The van der Waals surface area contributed by atoms with Crippen LogP contribution in [0.3, 0.4) is 0 Å². The standard InChI is InChI=1S/C6H17NSi/c1-4-7-5-6(2,3)8/h7H,4-5H2,1-3,8H3. The van der Waals surface area contributed by atoms with Gasteiger partial charge in [-0.25, -0.2) is 0 Å². The summed E-state index contributed by atoms with van der Waals surface area (Å²) in [5.74, 6) is 0. The van der Waals surface area contributed by atoms with E-state index in [1.807, 2.05) is 0 Å². The molecule has 0 aliphatic heterocycles. The first-order valence-corrected chi connectivity index (χ1v) is 4.27. The largest absolute Gasteiger partial charge is 0.317 e. The molecule has 0 bridgehead atoms. The molecule has 8 heavy (non-hydrogen) atoms. The summed E-state index contributed by atoms with van der Waals surface area (Å²) in [6.45, 7) is 9.01. The second kappa shape index (κ2) is 3.25. The minimum atomic E-state index is 0.579. The van der Waals surface area contributed by atoms with Crippen LogP contribution in [0.1, 0.15) is 20.8 Å². The van der Waals surface area contributed by atoms with Gasteiger partial charge < -0.3 is 5.32 Å². The summed E-state index contributed by atoms with van der Waals surface area (Å²) in [7, 11) is 1.28. The number of rotatable bonds is 3. The second-order valence-corrected chi connectivity index (χ2v) is 6.05. The van der Waals surface area contributed by atoms with Crippen LogP contribution in [0.4, 0.5) is 0 Å². The van der Waals surface area contributed by atoms with Crippen molar-refractivity contribution in [2.45, 2.75) is 25.8 Å². The fraction of sp³-hybridized carbons (Fsp3) is 1.00. The van der Waals surface area contributed by atoms with Crippen LogP contribution in [-0.4, -0.2) is 23.3 Å². The molecule has 0 atom stereocenters. The molecule has 0 aromatic carbocycles. The van der Waals surface area contributed by atoms with E-state index in [-0.39, 0.29) is 0 Å². The Labute approximate surface area is 55.3 Å². The Hall–Kier alpha value is 0.177. The average Bonchev–Trinajstić information content (AvgIpc) is 1.59. The molecule has 0 unspecified atom stereocenters. The summed E-state index contributed by atoms with van der Waals surface area (Å²) in [6.07, 6.45) is 0. The highest BCUT2D eigenvalue weighted by Crippen LogP contribution is 2.14. The number of nitrogens with one attached hydrogen (secondary N) is 1. The molecule has 0 amide bonds. The summed E-state index contributed by atoms with van der Waals surface area (Å²) in [5, 5.41) is 3.90. The van der Waals surface area contributed by atoms with Crippen molar-refractivity contribution >= 4 is 10.2 Å². The summed E-state index contributed by atoms with van der Waals surface area (Å²) in [6, 6.07) is 0. The second-order valence-electron chi connectivity index (χ2n) is 3.34. The highest BCUT2D eigenvalue weighted by Gasteiger charge is 2.06. The molecule has 2 heteroatoms. The maximum Gasteiger partial charge on any atom is 0.0116 e. The summed E-state index contributed by atoms with van der Waals surface area (Å²) in [5.41, 5.74) is 0. The molecule has 0 fully saturated rings. The van der Waals surface area contributed by atoms with Gasteiger partial charge in [0.15, 0.2) is 0 Å². The lowest BCUT2D eigenvalue weighted by Crippen LogP contribution is -2.24. The third kappa shape index (κ3) is 6.18. The van der Waals surface area contributed by atoms with Crippen molar-refractivity contribution in [3.05, 3.63) is 0 Å². The monoisotopic (exact) mass is 131 g/mol. The minimum Gasteiger partial charge on any atom is -0.317 e. The molecular weight excluding hydrogens is 114 g/mol. The van der Waals surface area contributed by atoms with Gasteiger partial charge in [-0.3, -0.25) is 0 Å². The van der Waals surface area contributed by atoms with Crippen molar-refractivity contribution in [2.75, 3.05) is 13.1 Å². The van der Waals surface area contributed by atoms with E-state index in [0.717, 1.165) is 6.54 Å². The van der Waals surface area contributed by atoms with Gasteiger partial charge in [0.25, 0.3) is 0 Å². The van der Waals surface area contributed by atoms with Crippen molar-refractivity contribution in [3.63, 3.8) is 0 Å². The Morgan fingerprint density at radius 1 is 1.50 bits per heavy atom. The van der Waals surface area contributed by atoms with Crippen LogP contribution in [-0.2, 0) is 0 Å². The number of hydrogen-bond donors (Lipinski definition) is 1. The highest BCUT2D eigenvalue weighted by atomic mass is 28.1. The number of hydrogen-bond acceptors (Lipinski definition) is 1. The first kappa shape index (κ1) is 8.18. The average molecular weight is 131 g/mol. The lowest BCUT2D eigenvalue weighted by molar-refractivity contribution is 0.586. The predicted octanol–water partition coefficient (Wildman–Crippen LogP) is 0.160. The quantitative estimate of drug-likeness (QED) is 0.538. The summed E-state index contributed by atoms with van der Waals surface area (Å²) >= 11 is 0. The zero-order chi connectivity index (χ0) is 6.62. The van der Waals surface area contributed by atoms with Crippen LogP contribution >= 0.6 is 0 Å². The first-order valence-electron chi connectivity index (χ1n) is 3.27. The lowest BCUT2D eigenvalue weighted by atomic mass is 10.2. The van der Waals surface area contributed by atoms with Gasteiger partial charge in [0, 0.05) is 10.2 Å². The van der Waals surface area contributed by atoms with E-state index in [9.17, 15) is 0 Å². The SMILES string of the molecule is CCNCC(C)(C)[SiH3]. The van der Waals surface area contributed by atoms with Crippen molar-refractivity contribution in [1.29, 1.82) is 0 Å². The van der Waals surface area contributed by atoms with Gasteiger partial charge in [0.2, 0.25) is 0 Å². The zero-order valence-electron chi connectivity index (χ0n) is 6.41. The molecular formula is C6H17NSi. The zero-order valence-corrected chi connectivity index (χ0v) is 8.41. The van der Waals surface area contributed by atoms with Gasteiger partial charge in [0.1, 0.15) is 0 Å². The van der Waals surface area contributed by atoms with Crippen LogP contribution in [0, 0.1) is 0 Å². The van der Waals surface area contributed by atoms with Crippen molar-refractivity contribution in [2.24, 2.45) is 0 Å². The summed E-state index contributed by atoms with van der Waals surface area (Å²) < 4.78 is 0. The maximum absolute atomic E-state index is 3.32. The van der Waals surface area contributed by atoms with E-state index in [2.05, 4.69) is 26.1 Å². The molecule has 0 spiro atoms. The van der Waals surface area contributed by atoms with Crippen LogP contribution < -0.4 is 5.32 Å². The molecule has 0 aromatic heterocycles. The first-order chi connectivity index (χ1) is 3.56. The molecule has 0 aliphatic carbocycles. The molecule has 0 heterocycles. The van der Waals surface area contributed by atoms with Crippen LogP contribution in [0.2, 0.25) is 5.04 Å². The normalized spacial score (nSPS) is 12.4. The minimum absolute atomic E-state index is 0.579. The Kier molecular flexibility index (Phi) is 3.32. The van der Waals surface area contributed by atoms with Crippen molar-refractivity contribution in [3.8, 4) is 0 Å². The van der Waals surface area contributed by atoms with Crippen LogP contribution in [0.5, 0.6) is 0 Å². The van der Waals surface area contributed by atoms with Gasteiger partial charge in [-0.1, -0.05) is 20.8 Å². The topological polar surface area (TPSA) is 12.0 Å². The molecule has 50 valence electrons. The Morgan fingerprint density at radius 2 is 2.00 bits per heavy atom. The molecule has 0 saturated heterocycles. The van der Waals surface area contributed by atoms with Gasteiger partial charge in [-0.15, -0.1) is 0 Å². The van der Waals surface area contributed by atoms with Crippen molar-refractivity contribution in [1.82, 2.24) is 5.32 Å². The maximum atomic E-state index is 3.32. The molecule has 0 rings (SSSR count). The van der Waals surface area contributed by atoms with Crippen LogP contribution in [0.15, 0.2) is 0 Å². The molecule has 1 N–H and O–H groups in total. The van der Waals surface area contributed by atoms with E-state index in [1.165, 1.54) is 16.8 Å². The Morgan fingerprint density at radius 3 is 2.12 bits per heavy atom. The van der Waals surface area contributed by atoms with Gasteiger partial charge >= 0.3 is 0 Å². The third-order valence-corrected chi connectivity index (χ3v) is 1.26. The molecule has 0 aromatic rings. The van der Waals surface area contributed by atoms with E-state index in [1.54, 1.807) is 0 Å². The Bertz CT molecular complexity index is 56.0. The van der Waals surface area contributed by atoms with Crippen LogP contribution in [0.25, 0.3) is 0 Å². The molecule has 1 nitrogen and oxygen atoms in total. The van der Waals surface area contributed by atoms with E-state index in [4.69, 9.17) is 0 Å². The predicted molar refractivity (Wildman–Crippen MR) is 42.5 cm³/mol. The van der Waals surface area contributed by atoms with Gasteiger partial charge in [0.05, 0.1) is 0 Å². The molecule has 0 radical (unpaired) electrons. The lowest BCUT2D eigenvalue weighted by Gasteiger charge is -2.17. The van der Waals surface area contributed by atoms with Crippen molar-refractivity contribution < 1.29 is 0 Å². The van der Waals surface area contributed by atoms with E-state index in [0.29, 0.717) is 5.04 Å². The summed E-state index contributed by atoms with van der Waals surface area (Å²) in [4.78, 5) is 0.